The largest absolute Gasteiger partial charge is 0.449 e. The van der Waals surface area contributed by atoms with Crippen LogP contribution in [-0.2, 0) is 10.9 Å². The second-order valence-electron chi connectivity index (χ2n) is 3.47. The maximum atomic E-state index is 12.7. The highest BCUT2D eigenvalue weighted by molar-refractivity contribution is 5.91. The number of hydrazine groups is 1. The number of urea groups is 1. The van der Waals surface area contributed by atoms with Gasteiger partial charge in [-0.25, -0.2) is 20.4 Å². The highest BCUT2D eigenvalue weighted by Gasteiger charge is 2.33. The van der Waals surface area contributed by atoms with E-state index in [0.29, 0.717) is 0 Å². The number of para-hydroxylation sites is 1. The summed E-state index contributed by atoms with van der Waals surface area (Å²) in [5.41, 5.74) is 2.29. The fraction of sp³-hybridized carbons (Fsp3) is 0.273. The molecule has 0 heterocycles. The molecule has 0 atom stereocenters. The Hall–Kier alpha value is -2.45. The van der Waals surface area contributed by atoms with E-state index in [1.807, 2.05) is 16.2 Å². The van der Waals surface area contributed by atoms with Gasteiger partial charge in [-0.05, 0) is 19.1 Å². The summed E-state index contributed by atoms with van der Waals surface area (Å²) < 4.78 is 42.4. The van der Waals surface area contributed by atoms with Gasteiger partial charge in [0, 0.05) is 0 Å². The van der Waals surface area contributed by atoms with Gasteiger partial charge in [-0.3, -0.25) is 0 Å². The maximum absolute atomic E-state index is 12.7. The number of amides is 3. The lowest BCUT2D eigenvalue weighted by Gasteiger charge is -2.14. The lowest BCUT2D eigenvalue weighted by atomic mass is 10.1. The molecule has 0 saturated carbocycles. The van der Waals surface area contributed by atoms with Crippen LogP contribution < -0.4 is 16.2 Å². The molecule has 0 fully saturated rings. The summed E-state index contributed by atoms with van der Waals surface area (Å²) in [5.74, 6) is 0. The Morgan fingerprint density at radius 3 is 2.45 bits per heavy atom. The minimum atomic E-state index is -4.60. The molecule has 0 saturated heterocycles. The molecule has 6 nitrogen and oxygen atoms in total. The van der Waals surface area contributed by atoms with E-state index in [4.69, 9.17) is 0 Å². The molecule has 1 rings (SSSR count). The molecule has 1 aromatic rings. The van der Waals surface area contributed by atoms with Gasteiger partial charge >= 0.3 is 18.3 Å². The summed E-state index contributed by atoms with van der Waals surface area (Å²) in [5, 5.41) is 1.97. The van der Waals surface area contributed by atoms with Gasteiger partial charge in [0.15, 0.2) is 0 Å². The first kappa shape index (κ1) is 15.6. The molecule has 3 N–H and O–H groups in total. The number of ether oxygens (including phenoxy) is 1. The van der Waals surface area contributed by atoms with Crippen molar-refractivity contribution in [1.82, 2.24) is 10.9 Å². The van der Waals surface area contributed by atoms with Crippen molar-refractivity contribution in [2.75, 3.05) is 11.9 Å². The molecule has 0 aromatic heterocycles. The number of carbonyl (C=O) groups is 2. The zero-order valence-corrected chi connectivity index (χ0v) is 10.4. The minimum Gasteiger partial charge on any atom is -0.449 e. The van der Waals surface area contributed by atoms with Gasteiger partial charge in [-0.15, -0.1) is 0 Å². The van der Waals surface area contributed by atoms with Crippen LogP contribution in [0.25, 0.3) is 0 Å². The molecular formula is C11H12F3N3O3. The number of alkyl halides is 3. The zero-order chi connectivity index (χ0) is 15.2. The number of anilines is 1. The van der Waals surface area contributed by atoms with Crippen LogP contribution in [0.3, 0.4) is 0 Å². The molecule has 9 heteroatoms. The standard InChI is InChI=1S/C11H12F3N3O3/c1-2-20-10(19)17-16-9(18)15-8-6-4-3-5-7(8)11(12,13)14/h3-6H,2H2,1H3,(H,17,19)(H2,15,16,18). The van der Waals surface area contributed by atoms with Gasteiger partial charge < -0.3 is 10.1 Å². The molecule has 3 amide bonds. The summed E-state index contributed by atoms with van der Waals surface area (Å²) in [4.78, 5) is 22.2. The topological polar surface area (TPSA) is 79.5 Å². The van der Waals surface area contributed by atoms with E-state index in [1.54, 1.807) is 6.92 Å². The van der Waals surface area contributed by atoms with Gasteiger partial charge in [0.2, 0.25) is 0 Å². The van der Waals surface area contributed by atoms with E-state index in [2.05, 4.69) is 4.74 Å². The first-order valence-corrected chi connectivity index (χ1v) is 5.50. The van der Waals surface area contributed by atoms with Crippen molar-refractivity contribution in [1.29, 1.82) is 0 Å². The number of halogens is 3. The summed E-state index contributed by atoms with van der Waals surface area (Å²) in [6, 6.07) is 3.42. The highest BCUT2D eigenvalue weighted by atomic mass is 19.4. The van der Waals surface area contributed by atoms with Crippen molar-refractivity contribution in [2.45, 2.75) is 13.1 Å². The smallest absolute Gasteiger partial charge is 0.426 e. The van der Waals surface area contributed by atoms with Gasteiger partial charge in [0.1, 0.15) is 0 Å². The monoisotopic (exact) mass is 291 g/mol. The average molecular weight is 291 g/mol. The van der Waals surface area contributed by atoms with E-state index < -0.39 is 29.6 Å². The van der Waals surface area contributed by atoms with Crippen LogP contribution in [0.4, 0.5) is 28.4 Å². The van der Waals surface area contributed by atoms with E-state index in [0.717, 1.165) is 12.1 Å². The number of rotatable bonds is 2. The normalized spacial score (nSPS) is 10.6. The van der Waals surface area contributed by atoms with Crippen molar-refractivity contribution >= 4 is 17.8 Å². The summed E-state index contributed by atoms with van der Waals surface area (Å²) in [7, 11) is 0. The molecule has 0 aliphatic rings. The lowest BCUT2D eigenvalue weighted by Crippen LogP contribution is -2.44. The van der Waals surface area contributed by atoms with Crippen LogP contribution in [-0.4, -0.2) is 18.7 Å². The number of benzene rings is 1. The number of carbonyl (C=O) groups excluding carboxylic acids is 2. The first-order chi connectivity index (χ1) is 9.34. The molecule has 0 unspecified atom stereocenters. The molecule has 1 aromatic carbocycles. The Morgan fingerprint density at radius 1 is 1.20 bits per heavy atom. The van der Waals surface area contributed by atoms with Crippen molar-refractivity contribution < 1.29 is 27.5 Å². The molecule has 0 aliphatic carbocycles. The molecule has 110 valence electrons. The maximum Gasteiger partial charge on any atom is 0.426 e. The summed E-state index contributed by atoms with van der Waals surface area (Å²) >= 11 is 0. The van der Waals surface area contributed by atoms with Crippen molar-refractivity contribution in [3.05, 3.63) is 29.8 Å². The minimum absolute atomic E-state index is 0.0893. The van der Waals surface area contributed by atoms with Crippen LogP contribution in [0, 0.1) is 0 Å². The lowest BCUT2D eigenvalue weighted by molar-refractivity contribution is -0.136. The third kappa shape index (κ3) is 4.67. The Morgan fingerprint density at radius 2 is 1.85 bits per heavy atom. The predicted molar refractivity (Wildman–Crippen MR) is 63.8 cm³/mol. The SMILES string of the molecule is CCOC(=O)NNC(=O)Nc1ccccc1C(F)(F)F. The number of nitrogens with one attached hydrogen (secondary N) is 3. The summed E-state index contributed by atoms with van der Waals surface area (Å²) in [6.45, 7) is 1.64. The summed E-state index contributed by atoms with van der Waals surface area (Å²) in [6.07, 6.45) is -5.52. The molecule has 0 aliphatic heterocycles. The number of hydrogen-bond acceptors (Lipinski definition) is 3. The van der Waals surface area contributed by atoms with Crippen LogP contribution >= 0.6 is 0 Å². The fourth-order valence-corrected chi connectivity index (χ4v) is 1.27. The first-order valence-electron chi connectivity index (χ1n) is 5.50. The van der Waals surface area contributed by atoms with Gasteiger partial charge in [-0.1, -0.05) is 12.1 Å². The third-order valence-corrected chi connectivity index (χ3v) is 2.03. The molecule has 0 bridgehead atoms. The quantitative estimate of drug-likeness (QED) is 0.732. The van der Waals surface area contributed by atoms with Crippen molar-refractivity contribution in [3.8, 4) is 0 Å². The molecule has 0 spiro atoms. The van der Waals surface area contributed by atoms with Crippen molar-refractivity contribution in [2.24, 2.45) is 0 Å². The van der Waals surface area contributed by atoms with E-state index in [9.17, 15) is 22.8 Å². The Kier molecular flexibility index (Phi) is 5.18. The second kappa shape index (κ2) is 6.64. The van der Waals surface area contributed by atoms with Gasteiger partial charge in [0.05, 0.1) is 17.9 Å². The third-order valence-electron chi connectivity index (χ3n) is 2.03. The van der Waals surface area contributed by atoms with Gasteiger partial charge in [-0.2, -0.15) is 13.2 Å². The molecule has 20 heavy (non-hydrogen) atoms. The fourth-order valence-electron chi connectivity index (χ4n) is 1.27. The predicted octanol–water partition coefficient (Wildman–Crippen LogP) is 2.49. The Labute approximate surface area is 112 Å². The molecule has 0 radical (unpaired) electrons. The van der Waals surface area contributed by atoms with E-state index in [-0.39, 0.29) is 6.61 Å². The Balaban J connectivity index is 2.65. The van der Waals surface area contributed by atoms with Crippen LogP contribution in [0.15, 0.2) is 24.3 Å². The number of hydrogen-bond donors (Lipinski definition) is 3. The van der Waals surface area contributed by atoms with E-state index >= 15 is 0 Å². The van der Waals surface area contributed by atoms with Crippen LogP contribution in [0.5, 0.6) is 0 Å². The van der Waals surface area contributed by atoms with Gasteiger partial charge in [0.25, 0.3) is 0 Å². The van der Waals surface area contributed by atoms with Crippen molar-refractivity contribution in [3.63, 3.8) is 0 Å². The second-order valence-corrected chi connectivity index (χ2v) is 3.47. The van der Waals surface area contributed by atoms with E-state index in [1.165, 1.54) is 12.1 Å². The van der Waals surface area contributed by atoms with Crippen LogP contribution in [0.1, 0.15) is 12.5 Å². The Bertz CT molecular complexity index is 491. The highest BCUT2D eigenvalue weighted by Crippen LogP contribution is 2.34. The average Bonchev–Trinajstić information content (AvgIpc) is 2.36. The van der Waals surface area contributed by atoms with Crippen LogP contribution in [0.2, 0.25) is 0 Å². The molecular weight excluding hydrogens is 279 g/mol. The zero-order valence-electron chi connectivity index (χ0n) is 10.4.